The summed E-state index contributed by atoms with van der Waals surface area (Å²) >= 11 is 2.39. The first kappa shape index (κ1) is 10.8. The van der Waals surface area contributed by atoms with Gasteiger partial charge in [-0.3, -0.25) is 0 Å². The second-order valence-electron chi connectivity index (χ2n) is 4.02. The van der Waals surface area contributed by atoms with Crippen LogP contribution in [0.1, 0.15) is 25.0 Å². The van der Waals surface area contributed by atoms with Gasteiger partial charge in [-0.05, 0) is 29.5 Å². The maximum Gasteiger partial charge on any atom is 0.118 e. The third kappa shape index (κ3) is 2.36. The molecule has 0 heterocycles. The summed E-state index contributed by atoms with van der Waals surface area (Å²) in [4.78, 5) is 0. The van der Waals surface area contributed by atoms with Crippen molar-refractivity contribution in [3.05, 3.63) is 29.3 Å². The molecule has 0 atom stereocenters. The largest absolute Gasteiger partial charge is 0.508 e. The van der Waals surface area contributed by atoms with E-state index >= 15 is 0 Å². The Morgan fingerprint density at radius 1 is 1.38 bits per heavy atom. The zero-order valence-corrected chi connectivity index (χ0v) is 10.4. The molecule has 0 saturated carbocycles. The van der Waals surface area contributed by atoms with E-state index in [0.717, 1.165) is 9.99 Å². The van der Waals surface area contributed by atoms with Crippen molar-refractivity contribution in [1.29, 1.82) is 0 Å². The van der Waals surface area contributed by atoms with Crippen molar-refractivity contribution in [1.82, 2.24) is 0 Å². The molecule has 0 spiro atoms. The van der Waals surface area contributed by atoms with E-state index in [1.807, 2.05) is 13.0 Å². The molecule has 0 unspecified atom stereocenters. The van der Waals surface area contributed by atoms with Crippen LogP contribution in [0.2, 0.25) is 0 Å². The third-order valence-corrected chi connectivity index (χ3v) is 4.22. The molecule has 0 amide bonds. The van der Waals surface area contributed by atoms with Crippen molar-refractivity contribution in [2.75, 3.05) is 4.43 Å². The van der Waals surface area contributed by atoms with Crippen LogP contribution in [0.4, 0.5) is 0 Å². The molecular weight excluding hydrogens is 275 g/mol. The maximum absolute atomic E-state index is 9.38. The Kier molecular flexibility index (Phi) is 3.22. The molecule has 1 aromatic carbocycles. The predicted molar refractivity (Wildman–Crippen MR) is 64.8 cm³/mol. The molecule has 1 N–H and O–H groups in total. The van der Waals surface area contributed by atoms with Gasteiger partial charge in [-0.15, -0.1) is 0 Å². The minimum atomic E-state index is 0.193. The van der Waals surface area contributed by atoms with Crippen molar-refractivity contribution in [3.8, 4) is 5.75 Å². The van der Waals surface area contributed by atoms with Gasteiger partial charge in [0.2, 0.25) is 0 Å². The summed E-state index contributed by atoms with van der Waals surface area (Å²) in [6.07, 6.45) is 0. The van der Waals surface area contributed by atoms with Crippen LogP contribution in [0.3, 0.4) is 0 Å². The lowest BCUT2D eigenvalue weighted by atomic mass is 9.86. The van der Waals surface area contributed by atoms with E-state index in [4.69, 9.17) is 0 Å². The molecule has 0 aliphatic carbocycles. The Morgan fingerprint density at radius 3 is 2.46 bits per heavy atom. The fraction of sp³-hybridized carbons (Fsp3) is 0.455. The number of aromatic hydroxyl groups is 1. The van der Waals surface area contributed by atoms with Gasteiger partial charge in [0.15, 0.2) is 0 Å². The predicted octanol–water partition coefficient (Wildman–Crippen LogP) is 3.41. The summed E-state index contributed by atoms with van der Waals surface area (Å²) in [6, 6.07) is 5.84. The topological polar surface area (TPSA) is 20.2 Å². The molecular formula is C11H15IO. The second-order valence-corrected chi connectivity index (χ2v) is 4.78. The van der Waals surface area contributed by atoms with Crippen molar-refractivity contribution in [3.63, 3.8) is 0 Å². The molecule has 0 bridgehead atoms. The smallest absolute Gasteiger partial charge is 0.118 e. The second kappa shape index (κ2) is 3.86. The molecule has 0 saturated heterocycles. The Hall–Kier alpha value is -0.250. The fourth-order valence-corrected chi connectivity index (χ4v) is 1.59. The van der Waals surface area contributed by atoms with Gasteiger partial charge in [-0.1, -0.05) is 48.6 Å². The molecule has 2 heteroatoms. The standard InChI is InChI=1S/C11H15IO/c1-8-6-9(4-5-10(8)13)11(2,3)7-12/h4-6,13H,7H2,1-3H3. The van der Waals surface area contributed by atoms with Gasteiger partial charge in [0.05, 0.1) is 0 Å². The van der Waals surface area contributed by atoms with Crippen LogP contribution in [-0.2, 0) is 5.41 Å². The van der Waals surface area contributed by atoms with Crippen LogP contribution in [-0.4, -0.2) is 9.53 Å². The van der Waals surface area contributed by atoms with E-state index in [1.165, 1.54) is 5.56 Å². The van der Waals surface area contributed by atoms with E-state index < -0.39 is 0 Å². The number of rotatable bonds is 2. The lowest BCUT2D eigenvalue weighted by Crippen LogP contribution is -2.18. The normalized spacial score (nSPS) is 11.7. The average Bonchev–Trinajstić information content (AvgIpc) is 2.09. The number of hydrogen-bond acceptors (Lipinski definition) is 1. The summed E-state index contributed by atoms with van der Waals surface area (Å²) in [7, 11) is 0. The zero-order valence-electron chi connectivity index (χ0n) is 8.26. The van der Waals surface area contributed by atoms with Gasteiger partial charge in [-0.25, -0.2) is 0 Å². The SMILES string of the molecule is Cc1cc(C(C)(C)CI)ccc1O. The van der Waals surface area contributed by atoms with Gasteiger partial charge in [0.25, 0.3) is 0 Å². The number of phenolic OH excluding ortho intramolecular Hbond substituents is 1. The van der Waals surface area contributed by atoms with Crippen molar-refractivity contribution in [2.45, 2.75) is 26.2 Å². The highest BCUT2D eigenvalue weighted by molar-refractivity contribution is 14.1. The van der Waals surface area contributed by atoms with Gasteiger partial charge in [-0.2, -0.15) is 0 Å². The monoisotopic (exact) mass is 290 g/mol. The van der Waals surface area contributed by atoms with Crippen molar-refractivity contribution < 1.29 is 5.11 Å². The molecule has 0 radical (unpaired) electrons. The minimum absolute atomic E-state index is 0.193. The lowest BCUT2D eigenvalue weighted by Gasteiger charge is -2.22. The number of aryl methyl sites for hydroxylation is 1. The Labute approximate surface area is 93.3 Å². The number of alkyl halides is 1. The quantitative estimate of drug-likeness (QED) is 0.653. The zero-order chi connectivity index (χ0) is 10.1. The fourth-order valence-electron chi connectivity index (χ4n) is 1.15. The molecule has 1 rings (SSSR count). The molecule has 72 valence electrons. The first-order valence-corrected chi connectivity index (χ1v) is 5.86. The van der Waals surface area contributed by atoms with Gasteiger partial charge in [0.1, 0.15) is 5.75 Å². The molecule has 0 aliphatic rings. The van der Waals surface area contributed by atoms with Gasteiger partial charge >= 0.3 is 0 Å². The highest BCUT2D eigenvalue weighted by Crippen LogP contribution is 2.28. The number of hydrogen-bond donors (Lipinski definition) is 1. The van der Waals surface area contributed by atoms with E-state index in [2.05, 4.69) is 42.5 Å². The maximum atomic E-state index is 9.38. The highest BCUT2D eigenvalue weighted by atomic mass is 127. The van der Waals surface area contributed by atoms with E-state index in [0.29, 0.717) is 5.75 Å². The van der Waals surface area contributed by atoms with Crippen molar-refractivity contribution >= 4 is 22.6 Å². The van der Waals surface area contributed by atoms with E-state index in [-0.39, 0.29) is 5.41 Å². The van der Waals surface area contributed by atoms with E-state index in [1.54, 1.807) is 6.07 Å². The summed E-state index contributed by atoms with van der Waals surface area (Å²) in [5.41, 5.74) is 2.44. The number of benzene rings is 1. The van der Waals surface area contributed by atoms with Crippen LogP contribution >= 0.6 is 22.6 Å². The molecule has 0 aliphatic heterocycles. The van der Waals surface area contributed by atoms with Crippen molar-refractivity contribution in [2.24, 2.45) is 0 Å². The Balaban J connectivity index is 3.10. The Morgan fingerprint density at radius 2 is 2.00 bits per heavy atom. The molecule has 0 fully saturated rings. The first-order valence-electron chi connectivity index (χ1n) is 4.33. The highest BCUT2D eigenvalue weighted by Gasteiger charge is 2.19. The van der Waals surface area contributed by atoms with Crippen LogP contribution < -0.4 is 0 Å². The summed E-state index contributed by atoms with van der Waals surface area (Å²) in [5, 5.41) is 9.38. The molecule has 1 nitrogen and oxygen atoms in total. The van der Waals surface area contributed by atoms with E-state index in [9.17, 15) is 5.11 Å². The van der Waals surface area contributed by atoms with Crippen LogP contribution in [0, 0.1) is 6.92 Å². The summed E-state index contributed by atoms with van der Waals surface area (Å²) in [6.45, 7) is 6.36. The Bertz CT molecular complexity index is 305. The number of halogens is 1. The van der Waals surface area contributed by atoms with Crippen LogP contribution in [0.25, 0.3) is 0 Å². The average molecular weight is 290 g/mol. The molecule has 0 aromatic heterocycles. The summed E-state index contributed by atoms with van der Waals surface area (Å²) in [5.74, 6) is 0.382. The molecule has 13 heavy (non-hydrogen) atoms. The third-order valence-electron chi connectivity index (χ3n) is 2.31. The first-order chi connectivity index (χ1) is 5.97. The summed E-state index contributed by atoms with van der Waals surface area (Å²) < 4.78 is 1.08. The van der Waals surface area contributed by atoms with Crippen LogP contribution in [0.15, 0.2) is 18.2 Å². The van der Waals surface area contributed by atoms with Gasteiger partial charge < -0.3 is 5.11 Å². The minimum Gasteiger partial charge on any atom is -0.508 e. The molecule has 1 aromatic rings. The lowest BCUT2D eigenvalue weighted by molar-refractivity contribution is 0.470. The van der Waals surface area contributed by atoms with Gasteiger partial charge in [0, 0.05) is 4.43 Å². The number of phenols is 1. The van der Waals surface area contributed by atoms with Crippen LogP contribution in [0.5, 0.6) is 5.75 Å².